The molecule has 7 heteroatoms. The van der Waals surface area contributed by atoms with Gasteiger partial charge in [-0.1, -0.05) is 57.6 Å². The minimum atomic E-state index is -4.24. The van der Waals surface area contributed by atoms with E-state index in [1.165, 1.54) is 49.9 Å². The Bertz CT molecular complexity index is 698. The van der Waals surface area contributed by atoms with Crippen molar-refractivity contribution in [2.45, 2.75) is 82.4 Å². The fraction of sp³-hybridized carbons (Fsp3) is 0.619. The van der Waals surface area contributed by atoms with Crippen molar-refractivity contribution < 1.29 is 22.6 Å². The molecule has 0 spiro atoms. The predicted octanol–water partition coefficient (Wildman–Crippen LogP) is 4.54. The van der Waals surface area contributed by atoms with E-state index >= 15 is 0 Å². The lowest BCUT2D eigenvalue weighted by Gasteiger charge is -2.06. The van der Waals surface area contributed by atoms with Gasteiger partial charge in [0.15, 0.2) is 5.78 Å². The van der Waals surface area contributed by atoms with Crippen LogP contribution in [-0.4, -0.2) is 31.2 Å². The molecular weight excluding hydrogens is 378 g/mol. The van der Waals surface area contributed by atoms with E-state index in [9.17, 15) is 18.0 Å². The van der Waals surface area contributed by atoms with Gasteiger partial charge >= 0.3 is 0 Å². The van der Waals surface area contributed by atoms with Gasteiger partial charge in [-0.15, -0.1) is 0 Å². The molecule has 158 valence electrons. The zero-order valence-corrected chi connectivity index (χ0v) is 17.6. The molecule has 0 unspecified atom stereocenters. The maximum atomic E-state index is 12.1. The Morgan fingerprint density at radius 3 is 2.07 bits per heavy atom. The minimum Gasteiger partial charge on any atom is -0.356 e. The number of amides is 1. The van der Waals surface area contributed by atoms with Crippen molar-refractivity contribution in [3.63, 3.8) is 0 Å². The maximum absolute atomic E-state index is 12.1. The lowest BCUT2D eigenvalue weighted by Crippen LogP contribution is -2.24. The first-order valence-corrected chi connectivity index (χ1v) is 11.7. The van der Waals surface area contributed by atoms with Crippen LogP contribution in [0.2, 0.25) is 0 Å². The van der Waals surface area contributed by atoms with Crippen LogP contribution >= 0.6 is 0 Å². The quantitative estimate of drug-likeness (QED) is 0.251. The number of carbonyl (C=O) groups excluding carboxylic acids is 2. The Hall–Kier alpha value is -1.73. The molecule has 0 radical (unpaired) electrons. The standard InChI is InChI=1S/C21H33NO5S/c1-2-3-4-5-6-9-12-21(24)22-17-10-7-8-11-20(23)18-13-15-19(16-14-18)28(25,26)27/h13-16H,2-12,17H2,1H3,(H,22,24)(H,25,26,27). The topological polar surface area (TPSA) is 101 Å². The summed E-state index contributed by atoms with van der Waals surface area (Å²) in [6.45, 7) is 2.82. The number of unbranched alkanes of at least 4 members (excludes halogenated alkanes) is 7. The maximum Gasteiger partial charge on any atom is 0.294 e. The summed E-state index contributed by atoms with van der Waals surface area (Å²) in [5.74, 6) is 0.0412. The van der Waals surface area contributed by atoms with Crippen LogP contribution in [0, 0.1) is 0 Å². The van der Waals surface area contributed by atoms with E-state index in [0.717, 1.165) is 25.7 Å². The molecular formula is C21H33NO5S. The van der Waals surface area contributed by atoms with Gasteiger partial charge in [0.05, 0.1) is 4.90 Å². The number of ketones is 1. The molecule has 1 aromatic rings. The Labute approximate surface area is 168 Å². The Morgan fingerprint density at radius 2 is 1.43 bits per heavy atom. The SMILES string of the molecule is CCCCCCCCC(=O)NCCCCCC(=O)c1ccc(S(=O)(=O)O)cc1. The summed E-state index contributed by atoms with van der Waals surface area (Å²) < 4.78 is 30.9. The lowest BCUT2D eigenvalue weighted by atomic mass is 10.0. The molecule has 0 atom stereocenters. The van der Waals surface area contributed by atoms with Crippen LogP contribution in [0.5, 0.6) is 0 Å². The third kappa shape index (κ3) is 10.6. The molecule has 0 aliphatic rings. The second-order valence-electron chi connectivity index (χ2n) is 7.10. The zero-order valence-electron chi connectivity index (χ0n) is 16.8. The van der Waals surface area contributed by atoms with Gasteiger partial charge in [-0.3, -0.25) is 14.1 Å². The number of carbonyl (C=O) groups is 2. The average molecular weight is 412 g/mol. The van der Waals surface area contributed by atoms with Crippen LogP contribution in [0.25, 0.3) is 0 Å². The number of Topliss-reactive ketones (excluding diaryl/α,β-unsaturated/α-hetero) is 1. The third-order valence-corrected chi connectivity index (χ3v) is 5.50. The highest BCUT2D eigenvalue weighted by molar-refractivity contribution is 7.85. The molecule has 0 fully saturated rings. The van der Waals surface area contributed by atoms with Gasteiger partial charge in [0.1, 0.15) is 0 Å². The molecule has 0 saturated heterocycles. The van der Waals surface area contributed by atoms with Crippen molar-refractivity contribution in [3.8, 4) is 0 Å². The van der Waals surface area contributed by atoms with Crippen molar-refractivity contribution in [1.29, 1.82) is 0 Å². The van der Waals surface area contributed by atoms with Gasteiger partial charge in [-0.05, 0) is 31.4 Å². The Kier molecular flexibility index (Phi) is 11.7. The van der Waals surface area contributed by atoms with Crippen molar-refractivity contribution in [2.75, 3.05) is 6.54 Å². The fourth-order valence-electron chi connectivity index (χ4n) is 2.93. The van der Waals surface area contributed by atoms with Crippen LogP contribution < -0.4 is 5.32 Å². The third-order valence-electron chi connectivity index (χ3n) is 4.63. The van der Waals surface area contributed by atoms with E-state index in [-0.39, 0.29) is 16.6 Å². The highest BCUT2D eigenvalue weighted by Gasteiger charge is 2.11. The first kappa shape index (κ1) is 24.3. The number of nitrogens with one attached hydrogen (secondary N) is 1. The monoisotopic (exact) mass is 411 g/mol. The van der Waals surface area contributed by atoms with Gasteiger partial charge < -0.3 is 5.32 Å². The highest BCUT2D eigenvalue weighted by Crippen LogP contribution is 2.13. The Morgan fingerprint density at radius 1 is 0.857 bits per heavy atom. The molecule has 0 heterocycles. The van der Waals surface area contributed by atoms with Crippen molar-refractivity contribution in [1.82, 2.24) is 5.32 Å². The van der Waals surface area contributed by atoms with Crippen LogP contribution in [0.3, 0.4) is 0 Å². The summed E-state index contributed by atoms with van der Waals surface area (Å²) in [4.78, 5) is 23.6. The number of rotatable bonds is 15. The second kappa shape index (κ2) is 13.4. The van der Waals surface area contributed by atoms with Crippen molar-refractivity contribution in [3.05, 3.63) is 29.8 Å². The number of hydrogen-bond acceptors (Lipinski definition) is 4. The molecule has 0 saturated carbocycles. The van der Waals surface area contributed by atoms with E-state index in [0.29, 0.717) is 31.4 Å². The van der Waals surface area contributed by atoms with Crippen LogP contribution in [-0.2, 0) is 14.9 Å². The smallest absolute Gasteiger partial charge is 0.294 e. The summed E-state index contributed by atoms with van der Waals surface area (Å²) >= 11 is 0. The van der Waals surface area contributed by atoms with E-state index in [4.69, 9.17) is 4.55 Å². The van der Waals surface area contributed by atoms with E-state index in [2.05, 4.69) is 12.2 Å². The second-order valence-corrected chi connectivity index (χ2v) is 8.52. The van der Waals surface area contributed by atoms with Gasteiger partial charge in [-0.2, -0.15) is 8.42 Å². The van der Waals surface area contributed by atoms with Gasteiger partial charge in [0.2, 0.25) is 5.91 Å². The molecule has 2 N–H and O–H groups in total. The van der Waals surface area contributed by atoms with E-state index in [1.54, 1.807) is 0 Å². The minimum absolute atomic E-state index is 0.0611. The lowest BCUT2D eigenvalue weighted by molar-refractivity contribution is -0.121. The molecule has 6 nitrogen and oxygen atoms in total. The Balaban J connectivity index is 2.09. The van der Waals surface area contributed by atoms with Gasteiger partial charge in [-0.25, -0.2) is 0 Å². The van der Waals surface area contributed by atoms with Gasteiger partial charge in [0, 0.05) is 24.9 Å². The highest BCUT2D eigenvalue weighted by atomic mass is 32.2. The van der Waals surface area contributed by atoms with Gasteiger partial charge in [0.25, 0.3) is 10.1 Å². The molecule has 1 amide bonds. The summed E-state index contributed by atoms with van der Waals surface area (Å²) in [5, 5.41) is 2.92. The normalized spacial score (nSPS) is 11.4. The van der Waals surface area contributed by atoms with Crippen molar-refractivity contribution >= 4 is 21.8 Å². The molecule has 1 aromatic carbocycles. The summed E-state index contributed by atoms with van der Waals surface area (Å²) in [6.07, 6.45) is 10.4. The van der Waals surface area contributed by atoms with Crippen molar-refractivity contribution in [2.24, 2.45) is 0 Å². The number of benzene rings is 1. The molecule has 0 aromatic heterocycles. The summed E-state index contributed by atoms with van der Waals surface area (Å²) in [5.41, 5.74) is 0.430. The van der Waals surface area contributed by atoms with Crippen LogP contribution in [0.4, 0.5) is 0 Å². The summed E-state index contributed by atoms with van der Waals surface area (Å²) in [7, 11) is -4.24. The van der Waals surface area contributed by atoms with Crippen LogP contribution in [0.15, 0.2) is 29.2 Å². The number of hydrogen-bond donors (Lipinski definition) is 2. The molecule has 0 aliphatic carbocycles. The molecule has 1 rings (SSSR count). The zero-order chi connectivity index (χ0) is 20.8. The molecule has 28 heavy (non-hydrogen) atoms. The molecule has 0 aliphatic heterocycles. The first-order valence-electron chi connectivity index (χ1n) is 10.2. The molecule has 0 bridgehead atoms. The average Bonchev–Trinajstić information content (AvgIpc) is 2.66. The van der Waals surface area contributed by atoms with E-state index in [1.807, 2.05) is 0 Å². The fourth-order valence-corrected chi connectivity index (χ4v) is 3.41. The van der Waals surface area contributed by atoms with E-state index < -0.39 is 10.1 Å². The summed E-state index contributed by atoms with van der Waals surface area (Å²) in [6, 6.07) is 5.27. The largest absolute Gasteiger partial charge is 0.356 e. The first-order chi connectivity index (χ1) is 13.3. The predicted molar refractivity (Wildman–Crippen MR) is 110 cm³/mol. The van der Waals surface area contributed by atoms with Crippen LogP contribution in [0.1, 0.15) is 87.9 Å².